The van der Waals surface area contributed by atoms with Crippen molar-refractivity contribution in [3.8, 4) is 0 Å². The van der Waals surface area contributed by atoms with Crippen LogP contribution in [0.3, 0.4) is 0 Å². The Bertz CT molecular complexity index is 546. The SMILES string of the molecule is CCC1CCC2C3CCC4C[C@H](C)CC[C@]4(C)C3=CC(=O)[C@]12C. The lowest BCUT2D eigenvalue weighted by Gasteiger charge is -2.56. The quantitative estimate of drug-likeness (QED) is 0.598. The largest absolute Gasteiger partial charge is 0.294 e. The molecule has 0 spiro atoms. The molecule has 1 heteroatoms. The highest BCUT2D eigenvalue weighted by Crippen LogP contribution is 2.65. The van der Waals surface area contributed by atoms with Gasteiger partial charge in [0.05, 0.1) is 0 Å². The van der Waals surface area contributed by atoms with E-state index in [1.807, 2.05) is 0 Å². The van der Waals surface area contributed by atoms with Gasteiger partial charge in [-0.2, -0.15) is 0 Å². The molecule has 23 heavy (non-hydrogen) atoms. The summed E-state index contributed by atoms with van der Waals surface area (Å²) in [6, 6.07) is 0. The summed E-state index contributed by atoms with van der Waals surface area (Å²) in [5.41, 5.74) is 1.87. The molecule has 0 aromatic carbocycles. The highest BCUT2D eigenvalue weighted by Gasteiger charge is 2.59. The first kappa shape index (κ1) is 15.9. The molecule has 4 aliphatic carbocycles. The molecule has 3 fully saturated rings. The Morgan fingerprint density at radius 1 is 1.13 bits per heavy atom. The summed E-state index contributed by atoms with van der Waals surface area (Å²) in [6.07, 6.45) is 12.7. The van der Waals surface area contributed by atoms with Gasteiger partial charge in [-0.05, 0) is 86.0 Å². The Hall–Kier alpha value is -0.590. The van der Waals surface area contributed by atoms with Gasteiger partial charge in [-0.15, -0.1) is 0 Å². The fraction of sp³-hybridized carbons (Fsp3) is 0.864. The number of carbonyl (C=O) groups excluding carboxylic acids is 1. The third-order valence-electron chi connectivity index (χ3n) is 8.87. The van der Waals surface area contributed by atoms with Crippen molar-refractivity contribution in [3.63, 3.8) is 0 Å². The number of carbonyl (C=O) groups is 1. The molecule has 0 aliphatic heterocycles. The zero-order valence-electron chi connectivity index (χ0n) is 15.5. The second-order valence-electron chi connectivity index (χ2n) is 9.71. The molecule has 1 nitrogen and oxygen atoms in total. The van der Waals surface area contributed by atoms with Gasteiger partial charge >= 0.3 is 0 Å². The van der Waals surface area contributed by atoms with Crippen LogP contribution >= 0.6 is 0 Å². The first-order valence-electron chi connectivity index (χ1n) is 10.2. The average Bonchev–Trinajstić information content (AvgIpc) is 2.87. The Morgan fingerprint density at radius 3 is 2.65 bits per heavy atom. The van der Waals surface area contributed by atoms with Crippen molar-refractivity contribution in [1.29, 1.82) is 0 Å². The van der Waals surface area contributed by atoms with Crippen LogP contribution in [0.2, 0.25) is 0 Å². The third kappa shape index (κ3) is 2.01. The van der Waals surface area contributed by atoms with Crippen molar-refractivity contribution in [2.45, 2.75) is 79.1 Å². The normalized spacial score (nSPS) is 52.4. The van der Waals surface area contributed by atoms with E-state index in [9.17, 15) is 4.79 Å². The zero-order valence-corrected chi connectivity index (χ0v) is 15.5. The summed E-state index contributed by atoms with van der Waals surface area (Å²) < 4.78 is 0. The van der Waals surface area contributed by atoms with E-state index in [0.717, 1.165) is 11.8 Å². The fourth-order valence-corrected chi connectivity index (χ4v) is 7.29. The van der Waals surface area contributed by atoms with Gasteiger partial charge < -0.3 is 0 Å². The molecule has 0 heterocycles. The summed E-state index contributed by atoms with van der Waals surface area (Å²) >= 11 is 0. The van der Waals surface area contributed by atoms with Crippen molar-refractivity contribution in [1.82, 2.24) is 0 Å². The monoisotopic (exact) mass is 314 g/mol. The molecule has 128 valence electrons. The van der Waals surface area contributed by atoms with Gasteiger partial charge in [-0.3, -0.25) is 4.79 Å². The molecule has 4 rings (SSSR count). The molecule has 3 saturated carbocycles. The predicted molar refractivity (Wildman–Crippen MR) is 95.0 cm³/mol. The van der Waals surface area contributed by atoms with Crippen molar-refractivity contribution < 1.29 is 4.79 Å². The fourth-order valence-electron chi connectivity index (χ4n) is 7.29. The van der Waals surface area contributed by atoms with Crippen LogP contribution in [0.25, 0.3) is 0 Å². The van der Waals surface area contributed by atoms with Crippen molar-refractivity contribution in [3.05, 3.63) is 11.6 Å². The van der Waals surface area contributed by atoms with Crippen molar-refractivity contribution in [2.24, 2.45) is 40.4 Å². The molecule has 4 aliphatic rings. The van der Waals surface area contributed by atoms with E-state index in [4.69, 9.17) is 0 Å². The van der Waals surface area contributed by atoms with Gasteiger partial charge in [0.1, 0.15) is 0 Å². The number of allylic oxidation sites excluding steroid dienone is 2. The van der Waals surface area contributed by atoms with E-state index in [-0.39, 0.29) is 5.41 Å². The summed E-state index contributed by atoms with van der Waals surface area (Å²) in [7, 11) is 0. The lowest BCUT2D eigenvalue weighted by molar-refractivity contribution is -0.131. The van der Waals surface area contributed by atoms with Crippen LogP contribution in [-0.2, 0) is 4.79 Å². The topological polar surface area (TPSA) is 17.1 Å². The second-order valence-corrected chi connectivity index (χ2v) is 9.71. The first-order chi connectivity index (χ1) is 10.9. The highest BCUT2D eigenvalue weighted by molar-refractivity contribution is 5.97. The van der Waals surface area contributed by atoms with E-state index in [0.29, 0.717) is 29.0 Å². The number of hydrogen-bond donors (Lipinski definition) is 0. The molecule has 4 unspecified atom stereocenters. The molecule has 0 radical (unpaired) electrons. The van der Waals surface area contributed by atoms with Gasteiger partial charge in [0.2, 0.25) is 0 Å². The van der Waals surface area contributed by atoms with Crippen LogP contribution in [0.15, 0.2) is 11.6 Å². The van der Waals surface area contributed by atoms with Crippen molar-refractivity contribution in [2.75, 3.05) is 0 Å². The van der Waals surface area contributed by atoms with Gasteiger partial charge in [0.15, 0.2) is 5.78 Å². The molecule has 0 N–H and O–H groups in total. The zero-order chi connectivity index (χ0) is 16.4. The van der Waals surface area contributed by atoms with Crippen LogP contribution in [0.1, 0.15) is 79.1 Å². The Balaban J connectivity index is 1.74. The molecule has 0 amide bonds. The second kappa shape index (κ2) is 5.20. The molecular weight excluding hydrogens is 280 g/mol. The number of hydrogen-bond acceptors (Lipinski definition) is 1. The number of rotatable bonds is 1. The summed E-state index contributed by atoms with van der Waals surface area (Å²) in [6.45, 7) is 9.52. The molecule has 0 saturated heterocycles. The molecule has 0 bridgehead atoms. The van der Waals surface area contributed by atoms with Gasteiger partial charge in [-0.1, -0.05) is 39.7 Å². The first-order valence-corrected chi connectivity index (χ1v) is 10.2. The van der Waals surface area contributed by atoms with E-state index >= 15 is 0 Å². The van der Waals surface area contributed by atoms with Crippen LogP contribution in [0.5, 0.6) is 0 Å². The average molecular weight is 315 g/mol. The van der Waals surface area contributed by atoms with Gasteiger partial charge in [0, 0.05) is 5.41 Å². The van der Waals surface area contributed by atoms with Crippen LogP contribution in [0.4, 0.5) is 0 Å². The predicted octanol–water partition coefficient (Wildman–Crippen LogP) is 5.79. The van der Waals surface area contributed by atoms with Crippen LogP contribution in [0, 0.1) is 40.4 Å². The van der Waals surface area contributed by atoms with Gasteiger partial charge in [-0.25, -0.2) is 0 Å². The highest BCUT2D eigenvalue weighted by atomic mass is 16.1. The van der Waals surface area contributed by atoms with Gasteiger partial charge in [0.25, 0.3) is 0 Å². The minimum Gasteiger partial charge on any atom is -0.294 e. The molecule has 0 aromatic rings. The summed E-state index contributed by atoms with van der Waals surface area (Å²) in [5, 5.41) is 0. The van der Waals surface area contributed by atoms with E-state index in [1.54, 1.807) is 5.57 Å². The smallest absolute Gasteiger partial charge is 0.162 e. The maximum Gasteiger partial charge on any atom is 0.162 e. The molecular formula is C22H34O. The molecule has 0 aromatic heterocycles. The molecule has 7 atom stereocenters. The minimum atomic E-state index is -0.0475. The lowest BCUT2D eigenvalue weighted by Crippen LogP contribution is -2.50. The number of fused-ring (bicyclic) bond motifs is 5. The Labute approximate surface area is 142 Å². The van der Waals surface area contributed by atoms with E-state index < -0.39 is 0 Å². The van der Waals surface area contributed by atoms with E-state index in [1.165, 1.54) is 51.4 Å². The maximum absolute atomic E-state index is 13.2. The summed E-state index contributed by atoms with van der Waals surface area (Å²) in [5.74, 6) is 4.16. The van der Waals surface area contributed by atoms with Crippen LogP contribution in [-0.4, -0.2) is 5.78 Å². The minimum absolute atomic E-state index is 0.0475. The Kier molecular flexibility index (Phi) is 3.60. The lowest BCUT2D eigenvalue weighted by atomic mass is 9.48. The van der Waals surface area contributed by atoms with E-state index in [2.05, 4.69) is 33.8 Å². The standard InChI is InChI=1S/C22H34O/c1-5-15-7-9-18-17-8-6-16-12-14(2)10-11-21(16,3)19(17)13-20(23)22(15,18)4/h13-18H,5-12H2,1-4H3/t14-,15?,16?,17?,18?,21+,22-/m1/s1. The summed E-state index contributed by atoms with van der Waals surface area (Å²) in [4.78, 5) is 13.2. The van der Waals surface area contributed by atoms with Crippen LogP contribution < -0.4 is 0 Å². The number of ketones is 1. The van der Waals surface area contributed by atoms with Crippen molar-refractivity contribution >= 4 is 5.78 Å². The third-order valence-corrected chi connectivity index (χ3v) is 8.87. The maximum atomic E-state index is 13.2. The Morgan fingerprint density at radius 2 is 1.91 bits per heavy atom.